The minimum atomic E-state index is 0. The number of nitrogens with zero attached hydrogens (tertiary/aromatic N) is 1. The lowest BCUT2D eigenvalue weighted by atomic mass is 9.80. The summed E-state index contributed by atoms with van der Waals surface area (Å²) in [6.45, 7) is 21.0. The van der Waals surface area contributed by atoms with Gasteiger partial charge in [-0.1, -0.05) is 74.1 Å². The van der Waals surface area contributed by atoms with E-state index in [1.807, 2.05) is 0 Å². The summed E-state index contributed by atoms with van der Waals surface area (Å²) in [5, 5.41) is 0. The fourth-order valence-electron chi connectivity index (χ4n) is 4.02. The van der Waals surface area contributed by atoms with Gasteiger partial charge in [-0.05, 0) is 25.7 Å². The van der Waals surface area contributed by atoms with Gasteiger partial charge in [0.1, 0.15) is 0 Å². The molecule has 0 amide bonds. The van der Waals surface area contributed by atoms with Crippen molar-refractivity contribution in [3.05, 3.63) is 0 Å². The SMILES string of the molecule is CCCC[N+](CCCC)(CCCC)C(CCC)C(C)(C)C.[F-]. The van der Waals surface area contributed by atoms with Gasteiger partial charge < -0.3 is 9.19 Å². The first-order valence-electron chi connectivity index (χ1n) is 9.73. The van der Waals surface area contributed by atoms with Crippen LogP contribution >= 0.6 is 0 Å². The summed E-state index contributed by atoms with van der Waals surface area (Å²) in [6.07, 6.45) is 10.9. The van der Waals surface area contributed by atoms with Crippen molar-refractivity contribution in [2.45, 2.75) is 106 Å². The molecule has 136 valence electrons. The van der Waals surface area contributed by atoms with Crippen molar-refractivity contribution in [3.8, 4) is 0 Å². The van der Waals surface area contributed by atoms with Gasteiger partial charge in [0.15, 0.2) is 0 Å². The van der Waals surface area contributed by atoms with E-state index in [1.54, 1.807) is 0 Å². The van der Waals surface area contributed by atoms with E-state index in [4.69, 9.17) is 0 Å². The van der Waals surface area contributed by atoms with Gasteiger partial charge >= 0.3 is 0 Å². The molecule has 0 aromatic rings. The highest BCUT2D eigenvalue weighted by atomic mass is 19.0. The van der Waals surface area contributed by atoms with Crippen LogP contribution in [0.25, 0.3) is 0 Å². The minimum absolute atomic E-state index is 0. The van der Waals surface area contributed by atoms with Crippen molar-refractivity contribution >= 4 is 0 Å². The van der Waals surface area contributed by atoms with E-state index in [2.05, 4.69) is 48.5 Å². The molecule has 0 radical (unpaired) electrons. The highest BCUT2D eigenvalue weighted by Gasteiger charge is 2.42. The van der Waals surface area contributed by atoms with Crippen LogP contribution in [0.1, 0.15) is 99.8 Å². The van der Waals surface area contributed by atoms with E-state index in [-0.39, 0.29) is 4.70 Å². The molecule has 0 rings (SSSR count). The molecule has 0 aliphatic heterocycles. The maximum absolute atomic E-state index is 2.48. The summed E-state index contributed by atoms with van der Waals surface area (Å²) in [5.74, 6) is 0. The smallest absolute Gasteiger partial charge is 0.0938 e. The zero-order chi connectivity index (χ0) is 16.4. The Kier molecular flexibility index (Phi) is 13.5. The summed E-state index contributed by atoms with van der Waals surface area (Å²) in [4.78, 5) is 0. The third kappa shape index (κ3) is 7.94. The number of rotatable bonds is 12. The van der Waals surface area contributed by atoms with Crippen LogP contribution in [0, 0.1) is 5.41 Å². The van der Waals surface area contributed by atoms with Gasteiger partial charge in [-0.2, -0.15) is 0 Å². The first kappa shape index (κ1) is 24.1. The summed E-state index contributed by atoms with van der Waals surface area (Å²) in [7, 11) is 0. The van der Waals surface area contributed by atoms with E-state index in [0.717, 1.165) is 6.04 Å². The van der Waals surface area contributed by atoms with Crippen molar-refractivity contribution in [3.63, 3.8) is 0 Å². The van der Waals surface area contributed by atoms with Gasteiger partial charge in [0.25, 0.3) is 0 Å². The molecule has 0 aromatic heterocycles. The van der Waals surface area contributed by atoms with Crippen LogP contribution in [0.2, 0.25) is 0 Å². The molecule has 0 fully saturated rings. The summed E-state index contributed by atoms with van der Waals surface area (Å²) in [5.41, 5.74) is 0.422. The predicted molar refractivity (Wildman–Crippen MR) is 97.7 cm³/mol. The Morgan fingerprint density at radius 2 is 1.05 bits per heavy atom. The Morgan fingerprint density at radius 1 is 0.682 bits per heavy atom. The molecule has 22 heavy (non-hydrogen) atoms. The molecule has 1 nitrogen and oxygen atoms in total. The quantitative estimate of drug-likeness (QED) is 0.484. The Morgan fingerprint density at radius 3 is 1.27 bits per heavy atom. The van der Waals surface area contributed by atoms with E-state index in [1.165, 1.54) is 75.5 Å². The summed E-state index contributed by atoms with van der Waals surface area (Å²) >= 11 is 0. The Bertz CT molecular complexity index is 223. The van der Waals surface area contributed by atoms with Crippen molar-refractivity contribution in [2.75, 3.05) is 19.6 Å². The molecular weight excluding hydrogens is 273 g/mol. The Balaban J connectivity index is 0. The van der Waals surface area contributed by atoms with E-state index in [0.29, 0.717) is 5.41 Å². The highest BCUT2D eigenvalue weighted by Crippen LogP contribution is 2.35. The maximum Gasteiger partial charge on any atom is 0.0938 e. The van der Waals surface area contributed by atoms with Gasteiger partial charge in [-0.15, -0.1) is 0 Å². The first-order chi connectivity index (χ1) is 9.87. The second kappa shape index (κ2) is 12.3. The minimum Gasteiger partial charge on any atom is -1.00 e. The lowest BCUT2D eigenvalue weighted by molar-refractivity contribution is -0.958. The van der Waals surface area contributed by atoms with Crippen LogP contribution in [0.4, 0.5) is 0 Å². The predicted octanol–water partition coefficient (Wildman–Crippen LogP) is 3.42. The van der Waals surface area contributed by atoms with Gasteiger partial charge in [0.05, 0.1) is 25.7 Å². The van der Waals surface area contributed by atoms with Gasteiger partial charge in [0, 0.05) is 5.41 Å². The largest absolute Gasteiger partial charge is 1.00 e. The fraction of sp³-hybridized carbons (Fsp3) is 1.00. The van der Waals surface area contributed by atoms with E-state index < -0.39 is 0 Å². The van der Waals surface area contributed by atoms with Crippen LogP contribution in [-0.4, -0.2) is 30.2 Å². The lowest BCUT2D eigenvalue weighted by Crippen LogP contribution is -3.00. The van der Waals surface area contributed by atoms with Crippen molar-refractivity contribution in [1.82, 2.24) is 0 Å². The molecule has 1 unspecified atom stereocenters. The van der Waals surface area contributed by atoms with Gasteiger partial charge in [0.2, 0.25) is 0 Å². The van der Waals surface area contributed by atoms with Gasteiger partial charge in [-0.25, -0.2) is 0 Å². The second-order valence-corrected chi connectivity index (χ2v) is 8.12. The molecule has 0 saturated carbocycles. The van der Waals surface area contributed by atoms with Crippen LogP contribution in [-0.2, 0) is 0 Å². The number of hydrogen-bond acceptors (Lipinski definition) is 0. The molecule has 0 saturated heterocycles. The van der Waals surface area contributed by atoms with Crippen LogP contribution in [0.15, 0.2) is 0 Å². The Hall–Kier alpha value is -0.110. The molecule has 0 N–H and O–H groups in total. The molecular formula is C20H44FN. The average Bonchev–Trinajstić information content (AvgIpc) is 2.44. The summed E-state index contributed by atoms with van der Waals surface area (Å²) in [6, 6.07) is 0.826. The average molecular weight is 318 g/mol. The van der Waals surface area contributed by atoms with Crippen molar-refractivity contribution in [2.24, 2.45) is 5.41 Å². The summed E-state index contributed by atoms with van der Waals surface area (Å²) < 4.78 is 1.40. The van der Waals surface area contributed by atoms with Gasteiger partial charge in [-0.3, -0.25) is 0 Å². The molecule has 0 bridgehead atoms. The third-order valence-electron chi connectivity index (χ3n) is 5.09. The second-order valence-electron chi connectivity index (χ2n) is 8.12. The maximum atomic E-state index is 2.48. The number of hydrogen-bond donors (Lipinski definition) is 0. The number of unbranched alkanes of at least 4 members (excludes halogenated alkanes) is 3. The topological polar surface area (TPSA) is 0 Å². The van der Waals surface area contributed by atoms with Crippen molar-refractivity contribution in [1.29, 1.82) is 0 Å². The zero-order valence-electron chi connectivity index (χ0n) is 16.7. The first-order valence-corrected chi connectivity index (χ1v) is 9.73. The number of halogens is 1. The molecule has 1 atom stereocenters. The highest BCUT2D eigenvalue weighted by molar-refractivity contribution is 4.76. The monoisotopic (exact) mass is 317 g/mol. The molecule has 2 heteroatoms. The number of quaternary nitrogens is 1. The lowest BCUT2D eigenvalue weighted by Gasteiger charge is -2.51. The van der Waals surface area contributed by atoms with Crippen LogP contribution < -0.4 is 4.70 Å². The molecule has 0 aliphatic carbocycles. The fourth-order valence-corrected chi connectivity index (χ4v) is 4.02. The normalized spacial score (nSPS) is 13.8. The van der Waals surface area contributed by atoms with Crippen LogP contribution in [0.3, 0.4) is 0 Å². The molecule has 0 aliphatic rings. The third-order valence-corrected chi connectivity index (χ3v) is 5.09. The molecule has 0 spiro atoms. The van der Waals surface area contributed by atoms with Crippen molar-refractivity contribution < 1.29 is 9.19 Å². The van der Waals surface area contributed by atoms with Crippen LogP contribution in [0.5, 0.6) is 0 Å². The Labute approximate surface area is 140 Å². The molecule has 0 heterocycles. The standard InChI is InChI=1S/C20H44N.FH/c1-8-12-16-21(17-13-9-2,18-14-10-3)19(15-11-4)20(5,6)7;/h19H,8-18H2,1-7H3;1H/q+1;/p-1. The van der Waals surface area contributed by atoms with E-state index >= 15 is 0 Å². The molecule has 0 aromatic carbocycles. The van der Waals surface area contributed by atoms with E-state index in [9.17, 15) is 0 Å². The zero-order valence-corrected chi connectivity index (χ0v) is 16.7.